The topological polar surface area (TPSA) is 72.6 Å². The molecule has 3 aromatic carbocycles. The molecule has 1 amide bonds. The smallest absolute Gasteiger partial charge is 0.338 e. The molecule has 0 aromatic heterocycles. The van der Waals surface area contributed by atoms with E-state index in [0.29, 0.717) is 29.0 Å². The third kappa shape index (κ3) is 4.38. The monoisotopic (exact) mass is 374 g/mol. The predicted molar refractivity (Wildman–Crippen MR) is 110 cm³/mol. The Morgan fingerprint density at radius 2 is 1.36 bits per heavy atom. The standard InChI is InChI=1S/C23H22N2O3/c1-2-21(28-23(27)17-13-15-18(24)16-14-17)22(26)25(19-9-5-3-6-10-19)20-11-7-4-8-12-20/h3-16,21H,2,24H2,1H3. The molecule has 0 aliphatic carbocycles. The summed E-state index contributed by atoms with van der Waals surface area (Å²) in [4.78, 5) is 27.4. The van der Waals surface area contributed by atoms with Gasteiger partial charge in [-0.25, -0.2) is 4.79 Å². The van der Waals surface area contributed by atoms with Crippen LogP contribution in [-0.4, -0.2) is 18.0 Å². The van der Waals surface area contributed by atoms with Gasteiger partial charge >= 0.3 is 5.97 Å². The number of carbonyl (C=O) groups excluding carboxylic acids is 2. The molecule has 3 aromatic rings. The Morgan fingerprint density at radius 3 is 1.82 bits per heavy atom. The van der Waals surface area contributed by atoms with E-state index < -0.39 is 12.1 Å². The number of esters is 1. The summed E-state index contributed by atoms with van der Waals surface area (Å²) in [5, 5.41) is 0. The molecule has 5 heteroatoms. The van der Waals surface area contributed by atoms with Crippen molar-refractivity contribution in [2.24, 2.45) is 0 Å². The first-order valence-electron chi connectivity index (χ1n) is 9.10. The lowest BCUT2D eigenvalue weighted by molar-refractivity contribution is -0.126. The van der Waals surface area contributed by atoms with Crippen LogP contribution in [0, 0.1) is 0 Å². The summed E-state index contributed by atoms with van der Waals surface area (Å²) in [7, 11) is 0. The number of rotatable bonds is 6. The van der Waals surface area contributed by atoms with Crippen molar-refractivity contribution in [1.29, 1.82) is 0 Å². The van der Waals surface area contributed by atoms with E-state index in [9.17, 15) is 9.59 Å². The van der Waals surface area contributed by atoms with Crippen LogP contribution in [0.25, 0.3) is 0 Å². The first kappa shape index (κ1) is 19.2. The maximum Gasteiger partial charge on any atom is 0.338 e. The van der Waals surface area contributed by atoms with Gasteiger partial charge in [-0.2, -0.15) is 0 Å². The van der Waals surface area contributed by atoms with Gasteiger partial charge in [0.25, 0.3) is 5.91 Å². The number of nitrogens with zero attached hydrogens (tertiary/aromatic N) is 1. The van der Waals surface area contributed by atoms with Crippen molar-refractivity contribution in [3.63, 3.8) is 0 Å². The second-order valence-corrected chi connectivity index (χ2v) is 6.27. The van der Waals surface area contributed by atoms with E-state index in [-0.39, 0.29) is 5.91 Å². The van der Waals surface area contributed by atoms with Gasteiger partial charge in [-0.3, -0.25) is 9.69 Å². The van der Waals surface area contributed by atoms with Crippen molar-refractivity contribution in [2.45, 2.75) is 19.4 Å². The van der Waals surface area contributed by atoms with E-state index in [1.54, 1.807) is 29.2 Å². The van der Waals surface area contributed by atoms with Crippen LogP contribution < -0.4 is 10.6 Å². The van der Waals surface area contributed by atoms with Gasteiger partial charge in [0, 0.05) is 17.1 Å². The van der Waals surface area contributed by atoms with Crippen molar-refractivity contribution in [2.75, 3.05) is 10.6 Å². The number of ether oxygens (including phenoxy) is 1. The van der Waals surface area contributed by atoms with Gasteiger partial charge in [0.05, 0.1) is 5.56 Å². The zero-order valence-electron chi connectivity index (χ0n) is 15.6. The molecule has 0 saturated carbocycles. The largest absolute Gasteiger partial charge is 0.449 e. The molecule has 1 unspecified atom stereocenters. The van der Waals surface area contributed by atoms with Crippen LogP contribution >= 0.6 is 0 Å². The number of nitrogens with two attached hydrogens (primary N) is 1. The minimum Gasteiger partial charge on any atom is -0.449 e. The number of benzene rings is 3. The normalized spacial score (nSPS) is 11.5. The Balaban J connectivity index is 1.88. The molecule has 0 spiro atoms. The van der Waals surface area contributed by atoms with Crippen LogP contribution in [-0.2, 0) is 9.53 Å². The van der Waals surface area contributed by atoms with Gasteiger partial charge in [-0.05, 0) is 55.0 Å². The number of amides is 1. The summed E-state index contributed by atoms with van der Waals surface area (Å²) in [6.07, 6.45) is -0.555. The first-order valence-corrected chi connectivity index (χ1v) is 9.10. The third-order valence-corrected chi connectivity index (χ3v) is 4.29. The highest BCUT2D eigenvalue weighted by atomic mass is 16.5. The molecular weight excluding hydrogens is 352 g/mol. The lowest BCUT2D eigenvalue weighted by Gasteiger charge is -2.27. The van der Waals surface area contributed by atoms with Crippen LogP contribution in [0.2, 0.25) is 0 Å². The van der Waals surface area contributed by atoms with Crippen LogP contribution in [0.15, 0.2) is 84.9 Å². The summed E-state index contributed by atoms with van der Waals surface area (Å²) in [6, 6.07) is 25.0. The number of anilines is 3. The number of para-hydroxylation sites is 2. The van der Waals surface area contributed by atoms with Gasteiger partial charge in [0.15, 0.2) is 6.10 Å². The molecule has 2 N–H and O–H groups in total. The average molecular weight is 374 g/mol. The molecule has 0 heterocycles. The fourth-order valence-electron chi connectivity index (χ4n) is 2.83. The van der Waals surface area contributed by atoms with Gasteiger partial charge in [0.2, 0.25) is 0 Å². The minimum absolute atomic E-state index is 0.302. The maximum absolute atomic E-state index is 13.3. The summed E-state index contributed by atoms with van der Waals surface area (Å²) in [6.45, 7) is 1.81. The molecule has 0 fully saturated rings. The molecule has 0 bridgehead atoms. The van der Waals surface area contributed by atoms with Crippen LogP contribution in [0.5, 0.6) is 0 Å². The van der Waals surface area contributed by atoms with Crippen molar-refractivity contribution >= 4 is 28.9 Å². The highest BCUT2D eigenvalue weighted by molar-refractivity contribution is 6.04. The number of nitrogen functional groups attached to an aromatic ring is 1. The Morgan fingerprint density at radius 1 is 0.857 bits per heavy atom. The number of hydrogen-bond donors (Lipinski definition) is 1. The van der Waals surface area contributed by atoms with Crippen molar-refractivity contribution in [3.05, 3.63) is 90.5 Å². The molecule has 1 atom stereocenters. The molecule has 28 heavy (non-hydrogen) atoms. The Kier molecular flexibility index (Phi) is 6.07. The van der Waals surface area contributed by atoms with Gasteiger partial charge < -0.3 is 10.5 Å². The Hall–Kier alpha value is -3.60. The predicted octanol–water partition coefficient (Wildman–Crippen LogP) is 4.57. The molecule has 0 aliphatic heterocycles. The molecule has 5 nitrogen and oxygen atoms in total. The van der Waals surface area contributed by atoms with E-state index in [4.69, 9.17) is 10.5 Å². The van der Waals surface area contributed by atoms with Gasteiger partial charge in [-0.15, -0.1) is 0 Å². The van der Waals surface area contributed by atoms with E-state index in [0.717, 1.165) is 0 Å². The Labute approximate surface area is 164 Å². The van der Waals surface area contributed by atoms with E-state index in [1.807, 2.05) is 67.6 Å². The van der Waals surface area contributed by atoms with Crippen LogP contribution in [0.4, 0.5) is 17.1 Å². The Bertz CT molecular complexity index is 886. The van der Waals surface area contributed by atoms with E-state index in [2.05, 4.69) is 0 Å². The SMILES string of the molecule is CCC(OC(=O)c1ccc(N)cc1)C(=O)N(c1ccccc1)c1ccccc1. The van der Waals surface area contributed by atoms with E-state index in [1.165, 1.54) is 0 Å². The fraction of sp³-hybridized carbons (Fsp3) is 0.130. The van der Waals surface area contributed by atoms with Crippen molar-refractivity contribution in [1.82, 2.24) is 0 Å². The molecule has 0 radical (unpaired) electrons. The molecule has 0 saturated heterocycles. The fourth-order valence-corrected chi connectivity index (χ4v) is 2.83. The summed E-state index contributed by atoms with van der Waals surface area (Å²) in [5.41, 5.74) is 7.98. The van der Waals surface area contributed by atoms with Gasteiger partial charge in [0.1, 0.15) is 0 Å². The van der Waals surface area contributed by atoms with E-state index >= 15 is 0 Å². The average Bonchev–Trinajstić information content (AvgIpc) is 2.74. The zero-order chi connectivity index (χ0) is 19.9. The van der Waals surface area contributed by atoms with Crippen LogP contribution in [0.1, 0.15) is 23.7 Å². The number of carbonyl (C=O) groups is 2. The lowest BCUT2D eigenvalue weighted by atomic mass is 10.1. The minimum atomic E-state index is -0.912. The highest BCUT2D eigenvalue weighted by Crippen LogP contribution is 2.27. The second-order valence-electron chi connectivity index (χ2n) is 6.27. The molecular formula is C23H22N2O3. The summed E-state index contributed by atoms with van der Waals surface area (Å²) >= 11 is 0. The van der Waals surface area contributed by atoms with Crippen molar-refractivity contribution < 1.29 is 14.3 Å². The molecule has 142 valence electrons. The quantitative estimate of drug-likeness (QED) is 0.507. The summed E-state index contributed by atoms with van der Waals surface area (Å²) in [5.74, 6) is -0.857. The van der Waals surface area contributed by atoms with Crippen LogP contribution in [0.3, 0.4) is 0 Å². The summed E-state index contributed by atoms with van der Waals surface area (Å²) < 4.78 is 5.54. The zero-order valence-corrected chi connectivity index (χ0v) is 15.6. The second kappa shape index (κ2) is 8.86. The molecule has 3 rings (SSSR count). The molecule has 0 aliphatic rings. The number of hydrogen-bond acceptors (Lipinski definition) is 4. The third-order valence-electron chi connectivity index (χ3n) is 4.29. The van der Waals surface area contributed by atoms with Crippen molar-refractivity contribution in [3.8, 4) is 0 Å². The lowest BCUT2D eigenvalue weighted by Crippen LogP contribution is -2.38. The highest BCUT2D eigenvalue weighted by Gasteiger charge is 2.29. The van der Waals surface area contributed by atoms with Gasteiger partial charge in [-0.1, -0.05) is 43.3 Å². The first-order chi connectivity index (χ1) is 13.6. The maximum atomic E-state index is 13.3.